The zero-order valence-electron chi connectivity index (χ0n) is 10.3. The van der Waals surface area contributed by atoms with Gasteiger partial charge in [0.05, 0.1) is 13.2 Å². The van der Waals surface area contributed by atoms with Crippen molar-refractivity contribution >= 4 is 5.91 Å². The molecular formula is C14H17NO2. The van der Waals surface area contributed by atoms with Gasteiger partial charge in [0, 0.05) is 12.5 Å². The number of nitrogens with zero attached hydrogens (tertiary/aromatic N) is 1. The molecule has 2 heterocycles. The van der Waals surface area contributed by atoms with Crippen LogP contribution >= 0.6 is 0 Å². The summed E-state index contributed by atoms with van der Waals surface area (Å²) < 4.78 is 5.25. The molecule has 1 fully saturated rings. The van der Waals surface area contributed by atoms with E-state index in [1.165, 1.54) is 11.1 Å². The fourth-order valence-electron chi connectivity index (χ4n) is 3.05. The van der Waals surface area contributed by atoms with E-state index in [-0.39, 0.29) is 5.92 Å². The van der Waals surface area contributed by atoms with E-state index in [2.05, 4.69) is 12.1 Å². The quantitative estimate of drug-likeness (QED) is 0.741. The molecular weight excluding hydrogens is 214 g/mol. The van der Waals surface area contributed by atoms with Crippen molar-refractivity contribution in [2.45, 2.75) is 25.8 Å². The summed E-state index contributed by atoms with van der Waals surface area (Å²) in [6, 6.07) is 6.53. The number of carbonyl (C=O) groups is 1. The van der Waals surface area contributed by atoms with Crippen molar-refractivity contribution in [1.82, 2.24) is 4.90 Å². The van der Waals surface area contributed by atoms with Crippen molar-refractivity contribution in [3.63, 3.8) is 0 Å². The Labute approximate surface area is 101 Å². The molecule has 2 atom stereocenters. The van der Waals surface area contributed by atoms with E-state index < -0.39 is 0 Å². The Morgan fingerprint density at radius 2 is 2.24 bits per heavy atom. The molecule has 0 N–H and O–H groups in total. The first-order chi connectivity index (χ1) is 8.20. The number of hydrogen-bond donors (Lipinski definition) is 0. The lowest BCUT2D eigenvalue weighted by molar-refractivity contribution is -0.131. The first-order valence-corrected chi connectivity index (χ1v) is 6.18. The van der Waals surface area contributed by atoms with Gasteiger partial charge in [-0.2, -0.15) is 0 Å². The van der Waals surface area contributed by atoms with E-state index in [1.807, 2.05) is 17.9 Å². The van der Waals surface area contributed by atoms with E-state index in [1.54, 1.807) is 7.11 Å². The van der Waals surface area contributed by atoms with Crippen molar-refractivity contribution in [2.75, 3.05) is 13.7 Å². The number of carbonyl (C=O) groups excluding carboxylic acids is 1. The molecule has 1 amide bonds. The van der Waals surface area contributed by atoms with Crippen molar-refractivity contribution in [3.05, 3.63) is 29.3 Å². The summed E-state index contributed by atoms with van der Waals surface area (Å²) in [7, 11) is 1.69. The number of ether oxygens (including phenoxy) is 1. The number of rotatable bonds is 1. The average Bonchev–Trinajstić information content (AvgIpc) is 2.65. The second kappa shape index (κ2) is 3.76. The Morgan fingerprint density at radius 3 is 3.00 bits per heavy atom. The Balaban J connectivity index is 2.00. The maximum atomic E-state index is 12.0. The molecule has 2 aliphatic rings. The van der Waals surface area contributed by atoms with Gasteiger partial charge in [0.2, 0.25) is 5.91 Å². The lowest BCUT2D eigenvalue weighted by Gasteiger charge is -2.32. The molecule has 3 nitrogen and oxygen atoms in total. The van der Waals surface area contributed by atoms with Crippen molar-refractivity contribution in [2.24, 2.45) is 5.92 Å². The van der Waals surface area contributed by atoms with Gasteiger partial charge in [-0.3, -0.25) is 4.79 Å². The Hall–Kier alpha value is -1.51. The minimum Gasteiger partial charge on any atom is -0.497 e. The van der Waals surface area contributed by atoms with Crippen molar-refractivity contribution in [3.8, 4) is 5.75 Å². The van der Waals surface area contributed by atoms with Gasteiger partial charge < -0.3 is 9.64 Å². The fraction of sp³-hybridized carbons (Fsp3) is 0.500. The molecule has 0 saturated carbocycles. The first kappa shape index (κ1) is 10.6. The predicted molar refractivity (Wildman–Crippen MR) is 64.9 cm³/mol. The number of hydrogen-bond acceptors (Lipinski definition) is 2. The summed E-state index contributed by atoms with van der Waals surface area (Å²) in [5.74, 6) is 1.40. The van der Waals surface area contributed by atoms with Gasteiger partial charge in [-0.1, -0.05) is 13.0 Å². The highest BCUT2D eigenvalue weighted by atomic mass is 16.5. The summed E-state index contributed by atoms with van der Waals surface area (Å²) in [5.41, 5.74) is 2.65. The third-order valence-corrected chi connectivity index (χ3v) is 3.99. The molecule has 0 radical (unpaired) electrons. The summed E-state index contributed by atoms with van der Waals surface area (Å²) in [6.07, 6.45) is 1.90. The molecule has 1 aromatic carbocycles. The van der Waals surface area contributed by atoms with Crippen LogP contribution in [0, 0.1) is 5.92 Å². The van der Waals surface area contributed by atoms with Gasteiger partial charge in [-0.05, 0) is 36.1 Å². The normalized spacial score (nSPS) is 26.7. The van der Waals surface area contributed by atoms with Crippen molar-refractivity contribution < 1.29 is 9.53 Å². The smallest absolute Gasteiger partial charge is 0.226 e. The van der Waals surface area contributed by atoms with E-state index in [9.17, 15) is 4.79 Å². The molecule has 17 heavy (non-hydrogen) atoms. The highest BCUT2D eigenvalue weighted by Gasteiger charge is 2.40. The van der Waals surface area contributed by atoms with Gasteiger partial charge in [0.25, 0.3) is 0 Å². The highest BCUT2D eigenvalue weighted by Crippen LogP contribution is 2.41. The van der Waals surface area contributed by atoms with E-state index in [0.29, 0.717) is 11.9 Å². The maximum absolute atomic E-state index is 12.0. The lowest BCUT2D eigenvalue weighted by atomic mass is 9.91. The van der Waals surface area contributed by atoms with Crippen LogP contribution in [0.3, 0.4) is 0 Å². The molecule has 3 heteroatoms. The molecule has 0 spiro atoms. The third kappa shape index (κ3) is 1.53. The summed E-state index contributed by atoms with van der Waals surface area (Å²) in [6.45, 7) is 2.89. The molecule has 3 rings (SSSR count). The minimum absolute atomic E-state index is 0.174. The molecule has 0 unspecified atom stereocenters. The van der Waals surface area contributed by atoms with Crippen LogP contribution in [0.5, 0.6) is 5.75 Å². The summed E-state index contributed by atoms with van der Waals surface area (Å²) in [5, 5.41) is 0. The van der Waals surface area contributed by atoms with Gasteiger partial charge in [0.15, 0.2) is 0 Å². The zero-order valence-corrected chi connectivity index (χ0v) is 10.3. The van der Waals surface area contributed by atoms with Crippen LogP contribution in [-0.4, -0.2) is 24.5 Å². The first-order valence-electron chi connectivity index (χ1n) is 6.18. The zero-order chi connectivity index (χ0) is 12.0. The van der Waals surface area contributed by atoms with E-state index in [4.69, 9.17) is 4.74 Å². The Bertz CT molecular complexity index is 469. The topological polar surface area (TPSA) is 29.5 Å². The standard InChI is InChI=1S/C14H17NO2/c1-9-7-13-12-4-3-11(17-2)8-10(12)5-6-15(13)14(9)16/h3-4,8-9,13H,5-7H2,1-2H3/t9-,13-/m0/s1. The van der Waals surface area contributed by atoms with Gasteiger partial charge in [0.1, 0.15) is 5.75 Å². The predicted octanol–water partition coefficient (Wildman–Crippen LogP) is 2.16. The molecule has 0 aromatic heterocycles. The highest BCUT2D eigenvalue weighted by molar-refractivity contribution is 5.82. The van der Waals surface area contributed by atoms with Crippen LogP contribution in [0.15, 0.2) is 18.2 Å². The van der Waals surface area contributed by atoms with Gasteiger partial charge in [-0.15, -0.1) is 0 Å². The molecule has 0 aliphatic carbocycles. The van der Waals surface area contributed by atoms with Gasteiger partial charge >= 0.3 is 0 Å². The number of fused-ring (bicyclic) bond motifs is 3. The second-order valence-corrected chi connectivity index (χ2v) is 5.00. The number of amides is 1. The van der Waals surface area contributed by atoms with Crippen LogP contribution in [0.25, 0.3) is 0 Å². The second-order valence-electron chi connectivity index (χ2n) is 5.00. The molecule has 1 saturated heterocycles. The van der Waals surface area contributed by atoms with Crippen LogP contribution in [0.4, 0.5) is 0 Å². The molecule has 1 aromatic rings. The van der Waals surface area contributed by atoms with Crippen LogP contribution in [0.2, 0.25) is 0 Å². The van der Waals surface area contributed by atoms with E-state index >= 15 is 0 Å². The summed E-state index contributed by atoms with van der Waals surface area (Å²) in [4.78, 5) is 14.0. The van der Waals surface area contributed by atoms with Crippen LogP contribution < -0.4 is 4.74 Å². The largest absolute Gasteiger partial charge is 0.497 e. The monoisotopic (exact) mass is 231 g/mol. The Morgan fingerprint density at radius 1 is 1.41 bits per heavy atom. The summed E-state index contributed by atoms with van der Waals surface area (Å²) >= 11 is 0. The Kier molecular flexibility index (Phi) is 2.35. The SMILES string of the molecule is COc1ccc2c(c1)CCN1C(=O)[C@@H](C)C[C@@H]21. The average molecular weight is 231 g/mol. The molecule has 90 valence electrons. The minimum atomic E-state index is 0.174. The van der Waals surface area contributed by atoms with Gasteiger partial charge in [-0.25, -0.2) is 0 Å². The number of methoxy groups -OCH3 is 1. The van der Waals surface area contributed by atoms with Crippen LogP contribution in [0.1, 0.15) is 30.5 Å². The molecule has 0 bridgehead atoms. The van der Waals surface area contributed by atoms with E-state index in [0.717, 1.165) is 25.1 Å². The lowest BCUT2D eigenvalue weighted by Crippen LogP contribution is -2.34. The molecule has 2 aliphatic heterocycles. The van der Waals surface area contributed by atoms with Crippen molar-refractivity contribution in [1.29, 1.82) is 0 Å². The fourth-order valence-corrected chi connectivity index (χ4v) is 3.05. The maximum Gasteiger partial charge on any atom is 0.226 e. The third-order valence-electron chi connectivity index (χ3n) is 3.99. The van der Waals surface area contributed by atoms with Crippen LogP contribution in [-0.2, 0) is 11.2 Å². The number of benzene rings is 1.